The number of aliphatic imine (C=N–C) groups is 1. The lowest BCUT2D eigenvalue weighted by atomic mass is 9.95. The largest absolute Gasteiger partial charge is 0.494 e. The van der Waals surface area contributed by atoms with E-state index in [0.29, 0.717) is 39.7 Å². The number of oxazole rings is 1. The first-order chi connectivity index (χ1) is 19.2. The number of fused-ring (bicyclic) bond motifs is 1. The molecule has 0 fully saturated rings. The van der Waals surface area contributed by atoms with Crippen molar-refractivity contribution < 1.29 is 23.1 Å². The summed E-state index contributed by atoms with van der Waals surface area (Å²) in [7, 11) is 0. The van der Waals surface area contributed by atoms with Gasteiger partial charge in [-0.3, -0.25) is 14.9 Å². The number of pyridine rings is 1. The maximum atomic E-state index is 13.6. The number of Topliss-reactive ketones (excluding diaryl/α,β-unsaturated/α-hetero) is 1. The van der Waals surface area contributed by atoms with Crippen LogP contribution in [0.15, 0.2) is 75.4 Å². The Morgan fingerprint density at radius 3 is 2.75 bits per heavy atom. The van der Waals surface area contributed by atoms with Gasteiger partial charge < -0.3 is 19.8 Å². The van der Waals surface area contributed by atoms with Crippen molar-refractivity contribution in [2.24, 2.45) is 4.99 Å². The number of amides is 1. The molecule has 0 radical (unpaired) electrons. The van der Waals surface area contributed by atoms with E-state index in [-0.39, 0.29) is 34.7 Å². The van der Waals surface area contributed by atoms with E-state index < -0.39 is 17.8 Å². The lowest BCUT2D eigenvalue weighted by molar-refractivity contribution is -0.113. The summed E-state index contributed by atoms with van der Waals surface area (Å²) in [5.41, 5.74) is 2.41. The van der Waals surface area contributed by atoms with Gasteiger partial charge in [-0.25, -0.2) is 14.4 Å². The van der Waals surface area contributed by atoms with Crippen LogP contribution in [0.4, 0.5) is 16.2 Å². The molecule has 10 nitrogen and oxygen atoms in total. The molecule has 2 aromatic heterocycles. The van der Waals surface area contributed by atoms with Crippen LogP contribution >= 0.6 is 11.6 Å². The molecule has 1 amide bonds. The summed E-state index contributed by atoms with van der Waals surface area (Å²) in [6.07, 6.45) is 1.44. The SMILES string of the molecule is CCOc1ccc(C2N=C(Nc3nc4ccc(F)cc4o3)NC(C)=C2C(=O)Nc2cc(C(C)=O)ccn2)c(Cl)c1. The van der Waals surface area contributed by atoms with E-state index in [1.807, 2.05) is 6.92 Å². The number of hydrogen-bond acceptors (Lipinski definition) is 9. The first-order valence-corrected chi connectivity index (χ1v) is 12.7. The average molecular weight is 563 g/mol. The lowest BCUT2D eigenvalue weighted by Gasteiger charge is -2.27. The summed E-state index contributed by atoms with van der Waals surface area (Å²) in [6, 6.07) is 11.4. The molecule has 5 rings (SSSR count). The number of benzene rings is 2. The van der Waals surface area contributed by atoms with Gasteiger partial charge in [0, 0.05) is 34.1 Å². The Hall–Kier alpha value is -4.77. The summed E-state index contributed by atoms with van der Waals surface area (Å²) in [4.78, 5) is 38.6. The molecule has 0 aliphatic carbocycles. The van der Waals surface area contributed by atoms with Crippen LogP contribution in [0.2, 0.25) is 5.02 Å². The molecule has 12 heteroatoms. The van der Waals surface area contributed by atoms with Gasteiger partial charge in [-0.15, -0.1) is 0 Å². The van der Waals surface area contributed by atoms with E-state index in [1.165, 1.54) is 37.4 Å². The minimum atomic E-state index is -0.857. The van der Waals surface area contributed by atoms with Crippen LogP contribution in [0.3, 0.4) is 0 Å². The van der Waals surface area contributed by atoms with Crippen molar-refractivity contribution in [1.29, 1.82) is 0 Å². The zero-order valence-corrected chi connectivity index (χ0v) is 22.5. The number of aromatic nitrogens is 2. The smallest absolute Gasteiger partial charge is 0.302 e. The standard InChI is InChI=1S/C28H24ClFN6O4/c1-4-39-18-6-7-19(20(29)13-18)25-24(26(38)34-23-11-16(15(3)37)9-10-31-23)14(2)32-27(35-25)36-28-33-21-8-5-17(30)12-22(21)40-28/h5-13,25H,4H2,1-3H3,(H,31,34,38)(H2,32,33,35,36). The van der Waals surface area contributed by atoms with Crippen molar-refractivity contribution in [2.75, 3.05) is 17.2 Å². The molecule has 1 aliphatic heterocycles. The molecule has 2 aromatic carbocycles. The number of hydrogen-bond donors (Lipinski definition) is 3. The molecule has 0 bridgehead atoms. The fourth-order valence-electron chi connectivity index (χ4n) is 4.20. The second-order valence-corrected chi connectivity index (χ2v) is 9.26. The van der Waals surface area contributed by atoms with Crippen LogP contribution in [0, 0.1) is 5.82 Å². The van der Waals surface area contributed by atoms with Crippen molar-refractivity contribution in [3.05, 3.63) is 88.0 Å². The molecule has 0 saturated heterocycles. The second kappa shape index (κ2) is 11.1. The zero-order chi connectivity index (χ0) is 28.4. The van der Waals surface area contributed by atoms with Crippen LogP contribution in [-0.2, 0) is 4.79 Å². The second-order valence-electron chi connectivity index (χ2n) is 8.86. The molecule has 4 aromatic rings. The number of guanidine groups is 1. The molecular weight excluding hydrogens is 539 g/mol. The van der Waals surface area contributed by atoms with Gasteiger partial charge in [-0.2, -0.15) is 4.98 Å². The van der Waals surface area contributed by atoms with Crippen LogP contribution in [0.25, 0.3) is 11.1 Å². The fraction of sp³-hybridized carbons (Fsp3) is 0.179. The fourth-order valence-corrected chi connectivity index (χ4v) is 4.47. The molecule has 1 atom stereocenters. The Kier molecular flexibility index (Phi) is 7.47. The van der Waals surface area contributed by atoms with Gasteiger partial charge in [-0.05, 0) is 57.2 Å². The van der Waals surface area contributed by atoms with Crippen LogP contribution in [0.1, 0.15) is 42.7 Å². The minimum absolute atomic E-state index is 0.0781. The summed E-state index contributed by atoms with van der Waals surface area (Å²) in [6.45, 7) is 5.46. The van der Waals surface area contributed by atoms with Crippen molar-refractivity contribution >= 4 is 52.2 Å². The lowest BCUT2D eigenvalue weighted by Crippen LogP contribution is -2.37. The Morgan fingerprint density at radius 1 is 1.18 bits per heavy atom. The highest BCUT2D eigenvalue weighted by Crippen LogP contribution is 2.37. The molecule has 3 heterocycles. The van der Waals surface area contributed by atoms with E-state index >= 15 is 0 Å². The first kappa shape index (κ1) is 26.8. The van der Waals surface area contributed by atoms with E-state index in [1.54, 1.807) is 31.2 Å². The van der Waals surface area contributed by atoms with Crippen molar-refractivity contribution in [1.82, 2.24) is 15.3 Å². The number of ketones is 1. The highest BCUT2D eigenvalue weighted by atomic mass is 35.5. The molecular formula is C28H24ClFN6O4. The third kappa shape index (κ3) is 5.64. The number of carbonyl (C=O) groups excluding carboxylic acids is 2. The van der Waals surface area contributed by atoms with E-state index in [0.717, 1.165) is 0 Å². The highest BCUT2D eigenvalue weighted by molar-refractivity contribution is 6.31. The monoisotopic (exact) mass is 562 g/mol. The summed E-state index contributed by atoms with van der Waals surface area (Å²) in [5, 5.41) is 9.11. The normalized spacial score (nSPS) is 14.9. The zero-order valence-electron chi connectivity index (χ0n) is 21.7. The number of halogens is 2. The Bertz CT molecular complexity index is 1700. The van der Waals surface area contributed by atoms with Gasteiger partial charge in [0.15, 0.2) is 11.4 Å². The third-order valence-electron chi connectivity index (χ3n) is 6.05. The van der Waals surface area contributed by atoms with Crippen molar-refractivity contribution in [3.63, 3.8) is 0 Å². The van der Waals surface area contributed by atoms with E-state index in [4.69, 9.17) is 25.7 Å². The molecule has 204 valence electrons. The van der Waals surface area contributed by atoms with Crippen LogP contribution in [-0.4, -0.2) is 34.2 Å². The Morgan fingerprint density at radius 2 is 2.00 bits per heavy atom. The Labute approximate surface area is 233 Å². The Balaban J connectivity index is 1.50. The molecule has 3 N–H and O–H groups in total. The number of anilines is 2. The predicted octanol–water partition coefficient (Wildman–Crippen LogP) is 5.64. The summed E-state index contributed by atoms with van der Waals surface area (Å²) >= 11 is 6.65. The molecule has 1 aliphatic rings. The highest BCUT2D eigenvalue weighted by Gasteiger charge is 2.31. The number of nitrogens with zero attached hydrogens (tertiary/aromatic N) is 3. The third-order valence-corrected chi connectivity index (χ3v) is 6.37. The number of rotatable bonds is 7. The molecule has 0 spiro atoms. The number of nitrogens with one attached hydrogen (secondary N) is 3. The van der Waals surface area contributed by atoms with E-state index in [2.05, 4.69) is 25.9 Å². The van der Waals surface area contributed by atoms with E-state index in [9.17, 15) is 14.0 Å². The van der Waals surface area contributed by atoms with Gasteiger partial charge in [-0.1, -0.05) is 17.7 Å². The number of carbonyl (C=O) groups is 2. The summed E-state index contributed by atoms with van der Waals surface area (Å²) < 4.78 is 24.8. The quantitative estimate of drug-likeness (QED) is 0.247. The van der Waals surface area contributed by atoms with Crippen molar-refractivity contribution in [3.8, 4) is 5.75 Å². The van der Waals surface area contributed by atoms with Crippen LogP contribution in [0.5, 0.6) is 5.75 Å². The number of allylic oxidation sites excluding steroid dienone is 1. The van der Waals surface area contributed by atoms with Gasteiger partial charge in [0.25, 0.3) is 5.91 Å². The van der Waals surface area contributed by atoms with Gasteiger partial charge in [0.2, 0.25) is 5.96 Å². The topological polar surface area (TPSA) is 131 Å². The average Bonchev–Trinajstić information content (AvgIpc) is 3.30. The predicted molar refractivity (Wildman–Crippen MR) is 149 cm³/mol. The van der Waals surface area contributed by atoms with Gasteiger partial charge in [0.05, 0.1) is 12.2 Å². The van der Waals surface area contributed by atoms with Crippen LogP contribution < -0.4 is 20.7 Å². The molecule has 40 heavy (non-hydrogen) atoms. The maximum Gasteiger partial charge on any atom is 0.302 e. The van der Waals surface area contributed by atoms with Gasteiger partial charge >= 0.3 is 6.01 Å². The molecule has 1 unspecified atom stereocenters. The molecule has 0 saturated carbocycles. The number of ether oxygens (including phenoxy) is 1. The maximum absolute atomic E-state index is 13.6. The van der Waals surface area contributed by atoms with Gasteiger partial charge in [0.1, 0.15) is 28.9 Å². The minimum Gasteiger partial charge on any atom is -0.494 e. The first-order valence-electron chi connectivity index (χ1n) is 12.3. The van der Waals surface area contributed by atoms with Crippen molar-refractivity contribution in [2.45, 2.75) is 26.8 Å². The summed E-state index contributed by atoms with van der Waals surface area (Å²) in [5.74, 6) is -0.0921.